The second-order valence-corrected chi connectivity index (χ2v) is 8.28. The van der Waals surface area contributed by atoms with Crippen molar-refractivity contribution in [1.29, 1.82) is 0 Å². The molecule has 1 heterocycles. The minimum absolute atomic E-state index is 0.0254. The number of ether oxygens (including phenoxy) is 1. The van der Waals surface area contributed by atoms with Crippen molar-refractivity contribution in [3.63, 3.8) is 0 Å². The zero-order valence-corrected chi connectivity index (χ0v) is 19.0. The Morgan fingerprint density at radius 3 is 2.25 bits per heavy atom. The average molecular weight is 494 g/mol. The van der Waals surface area contributed by atoms with Crippen LogP contribution in [0, 0.1) is 6.92 Å². The third-order valence-corrected chi connectivity index (χ3v) is 6.30. The van der Waals surface area contributed by atoms with Gasteiger partial charge in [0.25, 0.3) is 11.7 Å². The largest absolute Gasteiger partial charge is 0.508 e. The number of hydrogen-bond donors (Lipinski definition) is 2. The zero-order chi connectivity index (χ0) is 23.0. The maximum atomic E-state index is 13.1. The van der Waals surface area contributed by atoms with E-state index < -0.39 is 17.7 Å². The van der Waals surface area contributed by atoms with E-state index in [1.807, 2.05) is 13.0 Å². The number of anilines is 1. The molecule has 32 heavy (non-hydrogen) atoms. The molecule has 3 aromatic carbocycles. The number of phenolic OH excluding ortho intramolecular Hbond substituents is 1. The molecule has 0 aliphatic carbocycles. The number of nitrogens with zero attached hydrogens (tertiary/aromatic N) is 1. The summed E-state index contributed by atoms with van der Waals surface area (Å²) in [4.78, 5) is 27.6. The summed E-state index contributed by atoms with van der Waals surface area (Å²) in [6.45, 7) is 1.92. The molecule has 4 rings (SSSR count). The van der Waals surface area contributed by atoms with E-state index in [-0.39, 0.29) is 17.1 Å². The summed E-state index contributed by atoms with van der Waals surface area (Å²) in [6, 6.07) is 17.3. The fourth-order valence-electron chi connectivity index (χ4n) is 3.71. The van der Waals surface area contributed by atoms with Gasteiger partial charge in [0.1, 0.15) is 17.3 Å². The number of aliphatic hydroxyl groups excluding tert-OH is 1. The van der Waals surface area contributed by atoms with Crippen LogP contribution in [-0.4, -0.2) is 29.0 Å². The predicted molar refractivity (Wildman–Crippen MR) is 125 cm³/mol. The van der Waals surface area contributed by atoms with Crippen LogP contribution in [0.5, 0.6) is 11.5 Å². The van der Waals surface area contributed by atoms with Gasteiger partial charge in [-0.15, -0.1) is 0 Å². The van der Waals surface area contributed by atoms with Crippen LogP contribution in [0.15, 0.2) is 76.8 Å². The molecule has 1 fully saturated rings. The maximum absolute atomic E-state index is 13.1. The number of carbonyl (C=O) groups is 2. The Morgan fingerprint density at radius 1 is 1.00 bits per heavy atom. The smallest absolute Gasteiger partial charge is 0.300 e. The summed E-state index contributed by atoms with van der Waals surface area (Å²) in [6.07, 6.45) is 0. The Labute approximate surface area is 193 Å². The van der Waals surface area contributed by atoms with Gasteiger partial charge < -0.3 is 14.9 Å². The molecule has 1 atom stereocenters. The molecular formula is C25H20BrNO5. The highest BCUT2D eigenvalue weighted by molar-refractivity contribution is 9.10. The molecule has 7 heteroatoms. The number of carbonyl (C=O) groups excluding carboxylic acids is 2. The van der Waals surface area contributed by atoms with E-state index in [0.717, 1.165) is 10.0 Å². The van der Waals surface area contributed by atoms with Gasteiger partial charge in [0, 0.05) is 15.7 Å². The number of ketones is 1. The molecular weight excluding hydrogens is 474 g/mol. The van der Waals surface area contributed by atoms with E-state index in [9.17, 15) is 19.8 Å². The van der Waals surface area contributed by atoms with Crippen molar-refractivity contribution >= 4 is 39.1 Å². The molecule has 2 N–H and O–H groups in total. The van der Waals surface area contributed by atoms with Gasteiger partial charge in [-0.1, -0.05) is 34.1 Å². The van der Waals surface area contributed by atoms with E-state index in [2.05, 4.69) is 15.9 Å². The fourth-order valence-corrected chi connectivity index (χ4v) is 4.07. The van der Waals surface area contributed by atoms with E-state index in [0.29, 0.717) is 22.6 Å². The first-order chi connectivity index (χ1) is 15.3. The highest BCUT2D eigenvalue weighted by atomic mass is 79.9. The minimum atomic E-state index is -0.868. The summed E-state index contributed by atoms with van der Waals surface area (Å²) < 4.78 is 5.94. The first-order valence-corrected chi connectivity index (χ1v) is 10.6. The molecule has 1 aliphatic rings. The lowest BCUT2D eigenvalue weighted by Gasteiger charge is -2.26. The van der Waals surface area contributed by atoms with E-state index in [1.54, 1.807) is 48.5 Å². The molecule has 162 valence electrons. The lowest BCUT2D eigenvalue weighted by molar-refractivity contribution is -0.132. The summed E-state index contributed by atoms with van der Waals surface area (Å²) in [5, 5.41) is 20.8. The Kier molecular flexibility index (Phi) is 5.76. The topological polar surface area (TPSA) is 87.1 Å². The summed E-state index contributed by atoms with van der Waals surface area (Å²) in [5.74, 6) is -1.15. The lowest BCUT2D eigenvalue weighted by atomic mass is 9.95. The van der Waals surface area contributed by atoms with Gasteiger partial charge >= 0.3 is 0 Å². The van der Waals surface area contributed by atoms with Crippen molar-refractivity contribution in [2.45, 2.75) is 13.0 Å². The van der Waals surface area contributed by atoms with E-state index >= 15 is 0 Å². The summed E-state index contributed by atoms with van der Waals surface area (Å²) >= 11 is 3.48. The Hall–Kier alpha value is -3.58. The van der Waals surface area contributed by atoms with Crippen molar-refractivity contribution in [3.8, 4) is 11.5 Å². The molecule has 0 spiro atoms. The average Bonchev–Trinajstić information content (AvgIpc) is 3.06. The third-order valence-electron chi connectivity index (χ3n) is 5.45. The van der Waals surface area contributed by atoms with Crippen LogP contribution in [0.4, 0.5) is 5.69 Å². The molecule has 0 bridgehead atoms. The van der Waals surface area contributed by atoms with Crippen LogP contribution in [0.1, 0.15) is 22.7 Å². The zero-order valence-electron chi connectivity index (χ0n) is 17.4. The number of methoxy groups -OCH3 is 1. The first kappa shape index (κ1) is 21.6. The molecule has 3 aromatic rings. The number of benzene rings is 3. The molecule has 1 amide bonds. The van der Waals surface area contributed by atoms with Gasteiger partial charge in [-0.05, 0) is 66.6 Å². The van der Waals surface area contributed by atoms with Gasteiger partial charge in [0.15, 0.2) is 0 Å². The minimum Gasteiger partial charge on any atom is -0.508 e. The molecule has 6 nitrogen and oxygen atoms in total. The quantitative estimate of drug-likeness (QED) is 0.300. The second kappa shape index (κ2) is 8.51. The predicted octanol–water partition coefficient (Wildman–Crippen LogP) is 5.10. The molecule has 1 saturated heterocycles. The van der Waals surface area contributed by atoms with Crippen LogP contribution in [0.3, 0.4) is 0 Å². The number of phenols is 1. The molecule has 0 aromatic heterocycles. The van der Waals surface area contributed by atoms with Crippen molar-refractivity contribution in [2.75, 3.05) is 12.0 Å². The molecule has 1 unspecified atom stereocenters. The number of halogens is 1. The van der Waals surface area contributed by atoms with Crippen molar-refractivity contribution < 1.29 is 24.5 Å². The van der Waals surface area contributed by atoms with Crippen molar-refractivity contribution in [3.05, 3.63) is 93.5 Å². The number of aromatic hydroxyl groups is 1. The monoisotopic (exact) mass is 493 g/mol. The van der Waals surface area contributed by atoms with Crippen LogP contribution in [0.25, 0.3) is 5.76 Å². The summed E-state index contributed by atoms with van der Waals surface area (Å²) in [7, 11) is 1.53. The maximum Gasteiger partial charge on any atom is 0.300 e. The SMILES string of the molecule is COc1ccc(C(O)=C2C(=O)C(=O)N(c3ccc(C)c(Br)c3)C2c2ccc(O)cc2)cc1. The van der Waals surface area contributed by atoms with Gasteiger partial charge in [-0.25, -0.2) is 0 Å². The van der Waals surface area contributed by atoms with Crippen molar-refractivity contribution in [1.82, 2.24) is 0 Å². The standard InChI is InChI=1S/C25H20BrNO5/c1-14-3-8-17(13-20(14)26)27-22(15-4-9-18(28)10-5-15)21(24(30)25(27)31)23(29)16-6-11-19(32-2)12-7-16/h3-13,22,28-29H,1-2H3. The molecule has 0 radical (unpaired) electrons. The van der Waals surface area contributed by atoms with Crippen LogP contribution >= 0.6 is 15.9 Å². The number of aliphatic hydroxyl groups is 1. The Morgan fingerprint density at radius 2 is 1.66 bits per heavy atom. The number of amides is 1. The van der Waals surface area contributed by atoms with Crippen LogP contribution in [0.2, 0.25) is 0 Å². The number of hydrogen-bond acceptors (Lipinski definition) is 5. The highest BCUT2D eigenvalue weighted by Crippen LogP contribution is 2.43. The molecule has 1 aliphatic heterocycles. The third kappa shape index (κ3) is 3.76. The first-order valence-electron chi connectivity index (χ1n) is 9.82. The number of rotatable bonds is 4. The molecule has 0 saturated carbocycles. The van der Waals surface area contributed by atoms with Crippen LogP contribution in [-0.2, 0) is 9.59 Å². The van der Waals surface area contributed by atoms with E-state index in [4.69, 9.17) is 4.74 Å². The summed E-state index contributed by atoms with van der Waals surface area (Å²) in [5.41, 5.74) is 2.43. The van der Waals surface area contributed by atoms with Gasteiger partial charge in [0.05, 0.1) is 18.7 Å². The van der Waals surface area contributed by atoms with Gasteiger partial charge in [0.2, 0.25) is 0 Å². The Balaban J connectivity index is 1.92. The lowest BCUT2D eigenvalue weighted by Crippen LogP contribution is -2.29. The van der Waals surface area contributed by atoms with Gasteiger partial charge in [-0.2, -0.15) is 0 Å². The van der Waals surface area contributed by atoms with Crippen LogP contribution < -0.4 is 9.64 Å². The van der Waals surface area contributed by atoms with E-state index in [1.165, 1.54) is 24.1 Å². The van der Waals surface area contributed by atoms with Crippen molar-refractivity contribution in [2.24, 2.45) is 0 Å². The highest BCUT2D eigenvalue weighted by Gasteiger charge is 2.47. The Bertz CT molecular complexity index is 1230. The van der Waals surface area contributed by atoms with Gasteiger partial charge in [-0.3, -0.25) is 14.5 Å². The second-order valence-electron chi connectivity index (χ2n) is 7.42. The number of aryl methyl sites for hydroxylation is 1. The fraction of sp³-hybridized carbons (Fsp3) is 0.120. The number of Topliss-reactive ketones (excluding diaryl/α,β-unsaturated/α-hetero) is 1. The normalized spacial score (nSPS) is 17.6.